The van der Waals surface area contributed by atoms with Crippen molar-refractivity contribution in [3.63, 3.8) is 0 Å². The first-order valence-corrected chi connectivity index (χ1v) is 11.9. The predicted molar refractivity (Wildman–Crippen MR) is 122 cm³/mol. The Morgan fingerprint density at radius 2 is 0.893 bits per heavy atom. The Morgan fingerprint density at radius 3 is 1.39 bits per heavy atom. The summed E-state index contributed by atoms with van der Waals surface area (Å²) in [4.78, 5) is 0. The van der Waals surface area contributed by atoms with Gasteiger partial charge in [0.25, 0.3) is 0 Å². The third-order valence-electron chi connectivity index (χ3n) is 5.95. The molecule has 28 heavy (non-hydrogen) atoms. The molecule has 0 fully saturated rings. The van der Waals surface area contributed by atoms with Gasteiger partial charge >= 0.3 is 0 Å². The van der Waals surface area contributed by atoms with Crippen molar-refractivity contribution in [2.45, 2.75) is 5.54 Å². The lowest BCUT2D eigenvalue weighted by Crippen LogP contribution is -2.70. The SMILES string of the molecule is C1=C[C@H]([Si](c2ccccc2)(c2ccccc2)c2ccccc2)c2ccccc21. The van der Waals surface area contributed by atoms with Crippen molar-refractivity contribution >= 4 is 29.7 Å². The Morgan fingerprint density at radius 1 is 0.464 bits per heavy atom. The molecule has 4 aromatic rings. The molecule has 0 saturated carbocycles. The highest BCUT2D eigenvalue weighted by molar-refractivity contribution is 7.12. The molecule has 0 spiro atoms. The maximum absolute atomic E-state index is 2.45. The Kier molecular flexibility index (Phi) is 4.30. The van der Waals surface area contributed by atoms with E-state index in [-0.39, 0.29) is 0 Å². The molecule has 1 aliphatic rings. The van der Waals surface area contributed by atoms with Crippen LogP contribution in [0.15, 0.2) is 121 Å². The van der Waals surface area contributed by atoms with E-state index in [1.807, 2.05) is 0 Å². The maximum atomic E-state index is 2.45. The van der Waals surface area contributed by atoms with Gasteiger partial charge in [0, 0.05) is 5.54 Å². The van der Waals surface area contributed by atoms with Crippen LogP contribution in [0, 0.1) is 0 Å². The zero-order valence-electron chi connectivity index (χ0n) is 15.7. The average Bonchev–Trinajstić information content (AvgIpc) is 3.21. The van der Waals surface area contributed by atoms with E-state index in [9.17, 15) is 0 Å². The van der Waals surface area contributed by atoms with Crippen LogP contribution in [0.3, 0.4) is 0 Å². The standard InChI is InChI=1S/C27H22Si/c1-4-13-23(14-5-1)28(24-15-6-2-7-16-24,25-17-8-3-9-18-25)27-21-20-22-12-10-11-19-26(22)27/h1-21,27H/t27-/m0/s1. The number of allylic oxidation sites excluding steroid dienone is 1. The smallest absolute Gasteiger partial charge is 0.0781 e. The lowest BCUT2D eigenvalue weighted by Gasteiger charge is -2.39. The Labute approximate surface area is 167 Å². The lowest BCUT2D eigenvalue weighted by atomic mass is 10.1. The summed E-state index contributed by atoms with van der Waals surface area (Å²) in [6.45, 7) is 0. The molecule has 0 aliphatic heterocycles. The fourth-order valence-corrected chi connectivity index (χ4v) is 10.1. The number of fused-ring (bicyclic) bond motifs is 1. The van der Waals surface area contributed by atoms with E-state index in [0.717, 1.165) is 0 Å². The Bertz CT molecular complexity index is 1000. The largest absolute Gasteiger partial charge is 0.159 e. The van der Waals surface area contributed by atoms with Crippen molar-refractivity contribution in [2.75, 3.05) is 0 Å². The monoisotopic (exact) mass is 374 g/mol. The van der Waals surface area contributed by atoms with E-state index >= 15 is 0 Å². The lowest BCUT2D eigenvalue weighted by molar-refractivity contribution is 1.19. The summed E-state index contributed by atoms with van der Waals surface area (Å²) >= 11 is 0. The highest BCUT2D eigenvalue weighted by Crippen LogP contribution is 2.36. The molecule has 1 aliphatic carbocycles. The second kappa shape index (κ2) is 7.10. The summed E-state index contributed by atoms with van der Waals surface area (Å²) in [7, 11) is -2.33. The van der Waals surface area contributed by atoms with Crippen molar-refractivity contribution in [3.05, 3.63) is 132 Å². The minimum absolute atomic E-state index is 0.371. The van der Waals surface area contributed by atoms with Crippen molar-refractivity contribution in [1.29, 1.82) is 0 Å². The molecule has 0 nitrogen and oxygen atoms in total. The van der Waals surface area contributed by atoms with Crippen LogP contribution in [0.4, 0.5) is 0 Å². The van der Waals surface area contributed by atoms with Crippen LogP contribution in [0.2, 0.25) is 0 Å². The molecule has 0 heterocycles. The topological polar surface area (TPSA) is 0 Å². The first-order valence-electron chi connectivity index (χ1n) is 9.84. The van der Waals surface area contributed by atoms with Gasteiger partial charge in [0.15, 0.2) is 8.07 Å². The van der Waals surface area contributed by atoms with E-state index in [2.05, 4.69) is 127 Å². The van der Waals surface area contributed by atoms with Gasteiger partial charge in [0.1, 0.15) is 0 Å². The molecule has 0 radical (unpaired) electrons. The van der Waals surface area contributed by atoms with Crippen LogP contribution in [0.25, 0.3) is 6.08 Å². The van der Waals surface area contributed by atoms with Gasteiger partial charge in [-0.05, 0) is 26.7 Å². The molecule has 0 amide bonds. The second-order valence-electron chi connectivity index (χ2n) is 7.37. The number of benzene rings is 4. The van der Waals surface area contributed by atoms with Crippen LogP contribution < -0.4 is 15.6 Å². The van der Waals surface area contributed by atoms with Gasteiger partial charge in [-0.2, -0.15) is 0 Å². The van der Waals surface area contributed by atoms with E-state index in [1.54, 1.807) is 0 Å². The number of rotatable bonds is 4. The summed E-state index contributed by atoms with van der Waals surface area (Å²) in [6.07, 6.45) is 4.76. The third-order valence-corrected chi connectivity index (χ3v) is 11.1. The summed E-state index contributed by atoms with van der Waals surface area (Å²) in [6, 6.07) is 42.4. The highest BCUT2D eigenvalue weighted by atomic mass is 28.3. The fraction of sp³-hybridized carbons (Fsp3) is 0.0370. The zero-order valence-corrected chi connectivity index (χ0v) is 16.7. The number of hydrogen-bond donors (Lipinski definition) is 0. The normalized spacial score (nSPS) is 15.4. The minimum Gasteiger partial charge on any atom is -0.0781 e. The third kappa shape index (κ3) is 2.59. The zero-order chi connectivity index (χ0) is 18.8. The highest BCUT2D eigenvalue weighted by Gasteiger charge is 2.47. The molecule has 0 saturated heterocycles. The van der Waals surface area contributed by atoms with Gasteiger partial charge in [-0.3, -0.25) is 0 Å². The van der Waals surface area contributed by atoms with Gasteiger partial charge in [0.05, 0.1) is 0 Å². The van der Waals surface area contributed by atoms with E-state index in [0.29, 0.717) is 5.54 Å². The molecule has 4 aromatic carbocycles. The molecule has 0 aromatic heterocycles. The van der Waals surface area contributed by atoms with Gasteiger partial charge in [0.2, 0.25) is 0 Å². The quantitative estimate of drug-likeness (QED) is 0.364. The Balaban J connectivity index is 1.88. The van der Waals surface area contributed by atoms with Gasteiger partial charge in [-0.1, -0.05) is 127 Å². The molecule has 1 atom stereocenters. The summed E-state index contributed by atoms with van der Waals surface area (Å²) in [5.74, 6) is 0. The molecule has 5 rings (SSSR count). The van der Waals surface area contributed by atoms with Crippen LogP contribution in [0.5, 0.6) is 0 Å². The van der Waals surface area contributed by atoms with Crippen LogP contribution >= 0.6 is 0 Å². The molecule has 0 unspecified atom stereocenters. The molecular formula is C27H22Si. The van der Waals surface area contributed by atoms with Gasteiger partial charge in [-0.15, -0.1) is 0 Å². The van der Waals surface area contributed by atoms with Crippen molar-refractivity contribution in [2.24, 2.45) is 0 Å². The van der Waals surface area contributed by atoms with E-state index in [1.165, 1.54) is 26.7 Å². The first-order chi connectivity index (χ1) is 13.9. The fourth-order valence-electron chi connectivity index (χ4n) is 4.77. The van der Waals surface area contributed by atoms with Gasteiger partial charge < -0.3 is 0 Å². The molecule has 134 valence electrons. The van der Waals surface area contributed by atoms with Crippen molar-refractivity contribution < 1.29 is 0 Å². The van der Waals surface area contributed by atoms with Crippen molar-refractivity contribution in [3.8, 4) is 0 Å². The summed E-state index contributed by atoms with van der Waals surface area (Å²) < 4.78 is 0. The minimum atomic E-state index is -2.33. The van der Waals surface area contributed by atoms with Crippen LogP contribution in [-0.2, 0) is 0 Å². The van der Waals surface area contributed by atoms with E-state index in [4.69, 9.17) is 0 Å². The van der Waals surface area contributed by atoms with Crippen molar-refractivity contribution in [1.82, 2.24) is 0 Å². The van der Waals surface area contributed by atoms with Crippen LogP contribution in [-0.4, -0.2) is 8.07 Å². The summed E-state index contributed by atoms with van der Waals surface area (Å²) in [5.41, 5.74) is 3.17. The molecule has 0 bridgehead atoms. The Hall–Kier alpha value is -3.16. The van der Waals surface area contributed by atoms with Gasteiger partial charge in [-0.25, -0.2) is 0 Å². The average molecular weight is 375 g/mol. The molecular weight excluding hydrogens is 352 g/mol. The molecule has 1 heteroatoms. The predicted octanol–water partition coefficient (Wildman–Crippen LogP) is 4.51. The first kappa shape index (κ1) is 17.0. The van der Waals surface area contributed by atoms with E-state index < -0.39 is 8.07 Å². The molecule has 0 N–H and O–H groups in total. The van der Waals surface area contributed by atoms with Crippen LogP contribution in [0.1, 0.15) is 16.7 Å². The second-order valence-corrected chi connectivity index (χ2v) is 11.3. The summed E-state index contributed by atoms with van der Waals surface area (Å²) in [5, 5.41) is 4.37. The maximum Gasteiger partial charge on any atom is 0.159 e. The number of hydrogen-bond acceptors (Lipinski definition) is 0.